The predicted octanol–water partition coefficient (Wildman–Crippen LogP) is 3.41. The van der Waals surface area contributed by atoms with E-state index >= 15 is 0 Å². The molecule has 0 amide bonds. The summed E-state index contributed by atoms with van der Waals surface area (Å²) in [6.45, 7) is 2.04. The van der Waals surface area contributed by atoms with E-state index in [1.54, 1.807) is 11.3 Å². The van der Waals surface area contributed by atoms with E-state index in [0.717, 1.165) is 11.9 Å². The molecule has 0 N–H and O–H groups in total. The molecule has 0 bridgehead atoms. The molecule has 2 aromatic rings. The van der Waals surface area contributed by atoms with Crippen molar-refractivity contribution < 1.29 is 0 Å². The first-order valence-corrected chi connectivity index (χ1v) is 5.17. The van der Waals surface area contributed by atoms with Crippen LogP contribution >= 0.6 is 11.3 Å². The molecular weight excluding hydrogens is 178 g/mol. The van der Waals surface area contributed by atoms with Crippen molar-refractivity contribution in [2.45, 2.75) is 13.3 Å². The second kappa shape index (κ2) is 3.71. The van der Waals surface area contributed by atoms with Crippen molar-refractivity contribution in [2.75, 3.05) is 0 Å². The van der Waals surface area contributed by atoms with Crippen molar-refractivity contribution >= 4 is 21.6 Å². The maximum Gasteiger partial charge on any atom is 0.0976 e. The number of nitrogens with zero attached hydrogens (tertiary/aromatic N) is 1. The molecule has 2 heteroatoms. The lowest BCUT2D eigenvalue weighted by atomic mass is 10.3. The summed E-state index contributed by atoms with van der Waals surface area (Å²) in [6.07, 6.45) is 5.15. The molecule has 1 aromatic heterocycles. The molecule has 2 rings (SSSR count). The Balaban J connectivity index is 2.38. The number of benzene rings is 1. The molecule has 0 spiro atoms. The molecule has 0 aliphatic heterocycles. The summed E-state index contributed by atoms with van der Waals surface area (Å²) in [5.74, 6) is 0. The Morgan fingerprint density at radius 3 is 3.00 bits per heavy atom. The molecule has 0 atom stereocenters. The molecule has 0 saturated carbocycles. The van der Waals surface area contributed by atoms with E-state index in [2.05, 4.69) is 35.3 Å². The predicted molar refractivity (Wildman–Crippen MR) is 58.1 cm³/mol. The zero-order valence-corrected chi connectivity index (χ0v) is 8.34. The van der Waals surface area contributed by atoms with Crippen molar-refractivity contribution in [3.8, 4) is 0 Å². The SMILES string of the molecule is CC=CCc1nc2ccccc2s1. The van der Waals surface area contributed by atoms with Crippen LogP contribution in [0.2, 0.25) is 0 Å². The zero-order chi connectivity index (χ0) is 9.10. The van der Waals surface area contributed by atoms with Crippen LogP contribution in [0.5, 0.6) is 0 Å². The molecule has 0 saturated heterocycles. The Labute approximate surface area is 81.7 Å². The van der Waals surface area contributed by atoms with Crippen LogP contribution < -0.4 is 0 Å². The van der Waals surface area contributed by atoms with Crippen LogP contribution in [0.4, 0.5) is 0 Å². The first-order chi connectivity index (χ1) is 6.40. The van der Waals surface area contributed by atoms with Crippen LogP contribution in [-0.2, 0) is 6.42 Å². The van der Waals surface area contributed by atoms with E-state index in [-0.39, 0.29) is 0 Å². The molecule has 1 aromatic carbocycles. The fourth-order valence-electron chi connectivity index (χ4n) is 1.23. The second-order valence-electron chi connectivity index (χ2n) is 2.85. The Bertz CT molecular complexity index is 395. The van der Waals surface area contributed by atoms with Crippen LogP contribution in [0.3, 0.4) is 0 Å². The van der Waals surface area contributed by atoms with Gasteiger partial charge in [0.1, 0.15) is 0 Å². The van der Waals surface area contributed by atoms with Gasteiger partial charge in [0.15, 0.2) is 0 Å². The molecular formula is C11H11NS. The molecule has 1 nitrogen and oxygen atoms in total. The van der Waals surface area contributed by atoms with Gasteiger partial charge in [0.05, 0.1) is 15.2 Å². The van der Waals surface area contributed by atoms with E-state index in [0.29, 0.717) is 0 Å². The highest BCUT2D eigenvalue weighted by Gasteiger charge is 1.99. The van der Waals surface area contributed by atoms with E-state index in [4.69, 9.17) is 0 Å². The van der Waals surface area contributed by atoms with Gasteiger partial charge in [-0.25, -0.2) is 4.98 Å². The molecule has 0 aliphatic carbocycles. The van der Waals surface area contributed by atoms with Crippen molar-refractivity contribution in [3.05, 3.63) is 41.4 Å². The summed E-state index contributed by atoms with van der Waals surface area (Å²) in [5, 5.41) is 1.19. The number of aromatic nitrogens is 1. The van der Waals surface area contributed by atoms with E-state index < -0.39 is 0 Å². The number of thiazole rings is 1. The number of para-hydroxylation sites is 1. The summed E-state index contributed by atoms with van der Waals surface area (Å²) in [4.78, 5) is 4.52. The molecule has 1 heterocycles. The lowest BCUT2D eigenvalue weighted by molar-refractivity contribution is 1.21. The van der Waals surface area contributed by atoms with Crippen LogP contribution in [0.1, 0.15) is 11.9 Å². The highest BCUT2D eigenvalue weighted by molar-refractivity contribution is 7.18. The minimum absolute atomic E-state index is 0.954. The monoisotopic (exact) mass is 189 g/mol. The third-order valence-corrected chi connectivity index (χ3v) is 2.93. The summed E-state index contributed by atoms with van der Waals surface area (Å²) in [7, 11) is 0. The van der Waals surface area contributed by atoms with Gasteiger partial charge >= 0.3 is 0 Å². The van der Waals surface area contributed by atoms with E-state index in [1.165, 1.54) is 9.71 Å². The van der Waals surface area contributed by atoms with Crippen molar-refractivity contribution in [1.29, 1.82) is 0 Å². The average Bonchev–Trinajstić information content (AvgIpc) is 2.57. The molecule has 13 heavy (non-hydrogen) atoms. The quantitative estimate of drug-likeness (QED) is 0.660. The van der Waals surface area contributed by atoms with Crippen LogP contribution in [0.25, 0.3) is 10.2 Å². The highest BCUT2D eigenvalue weighted by Crippen LogP contribution is 2.21. The maximum absolute atomic E-state index is 4.52. The van der Waals surface area contributed by atoms with Crippen molar-refractivity contribution in [1.82, 2.24) is 4.98 Å². The molecule has 0 radical (unpaired) electrons. The number of hydrogen-bond donors (Lipinski definition) is 0. The number of hydrogen-bond acceptors (Lipinski definition) is 2. The lowest BCUT2D eigenvalue weighted by Gasteiger charge is -1.82. The third-order valence-electron chi connectivity index (χ3n) is 1.87. The van der Waals surface area contributed by atoms with Crippen LogP contribution in [-0.4, -0.2) is 4.98 Å². The standard InChI is InChI=1S/C11H11NS/c1-2-3-8-11-12-9-6-4-5-7-10(9)13-11/h2-7H,8H2,1H3. The van der Waals surface area contributed by atoms with Gasteiger partial charge in [-0.2, -0.15) is 0 Å². The summed E-state index contributed by atoms with van der Waals surface area (Å²) in [6, 6.07) is 8.26. The van der Waals surface area contributed by atoms with E-state index in [9.17, 15) is 0 Å². The number of fused-ring (bicyclic) bond motifs is 1. The number of rotatable bonds is 2. The molecule has 66 valence electrons. The number of allylic oxidation sites excluding steroid dienone is 2. The van der Waals surface area contributed by atoms with Gasteiger partial charge in [-0.1, -0.05) is 24.3 Å². The Kier molecular flexibility index (Phi) is 2.41. The first-order valence-electron chi connectivity index (χ1n) is 4.36. The molecule has 0 fully saturated rings. The van der Waals surface area contributed by atoms with Gasteiger partial charge in [-0.05, 0) is 19.1 Å². The maximum atomic E-state index is 4.52. The summed E-state index contributed by atoms with van der Waals surface area (Å²) < 4.78 is 1.28. The topological polar surface area (TPSA) is 12.9 Å². The van der Waals surface area contributed by atoms with Gasteiger partial charge in [0.25, 0.3) is 0 Å². The summed E-state index contributed by atoms with van der Waals surface area (Å²) >= 11 is 1.77. The smallest absolute Gasteiger partial charge is 0.0976 e. The zero-order valence-electron chi connectivity index (χ0n) is 7.53. The molecule has 0 unspecified atom stereocenters. The highest BCUT2D eigenvalue weighted by atomic mass is 32.1. The second-order valence-corrected chi connectivity index (χ2v) is 3.96. The van der Waals surface area contributed by atoms with Gasteiger partial charge in [-0.3, -0.25) is 0 Å². The fourth-order valence-corrected chi connectivity index (χ4v) is 2.17. The molecule has 0 aliphatic rings. The van der Waals surface area contributed by atoms with Crippen molar-refractivity contribution in [2.24, 2.45) is 0 Å². The summed E-state index contributed by atoms with van der Waals surface area (Å²) in [5.41, 5.74) is 1.12. The fraction of sp³-hybridized carbons (Fsp3) is 0.182. The normalized spacial score (nSPS) is 11.5. The van der Waals surface area contributed by atoms with Crippen LogP contribution in [0.15, 0.2) is 36.4 Å². The minimum atomic E-state index is 0.954. The average molecular weight is 189 g/mol. The Hall–Kier alpha value is -1.15. The van der Waals surface area contributed by atoms with Gasteiger partial charge in [-0.15, -0.1) is 11.3 Å². The lowest BCUT2D eigenvalue weighted by Crippen LogP contribution is -1.75. The minimum Gasteiger partial charge on any atom is -0.241 e. The van der Waals surface area contributed by atoms with Crippen molar-refractivity contribution in [3.63, 3.8) is 0 Å². The van der Waals surface area contributed by atoms with Gasteiger partial charge < -0.3 is 0 Å². The third kappa shape index (κ3) is 1.78. The first kappa shape index (κ1) is 8.45. The Morgan fingerprint density at radius 1 is 1.38 bits per heavy atom. The van der Waals surface area contributed by atoms with Crippen LogP contribution in [0, 0.1) is 0 Å². The Morgan fingerprint density at radius 2 is 2.23 bits per heavy atom. The van der Waals surface area contributed by atoms with E-state index in [1.807, 2.05) is 13.0 Å². The largest absolute Gasteiger partial charge is 0.241 e. The van der Waals surface area contributed by atoms with Gasteiger partial charge in [0.2, 0.25) is 0 Å². The van der Waals surface area contributed by atoms with Gasteiger partial charge in [0, 0.05) is 6.42 Å².